The first kappa shape index (κ1) is 25.6. The van der Waals surface area contributed by atoms with Gasteiger partial charge in [-0.15, -0.1) is 25.7 Å². The maximum Gasteiger partial charge on any atom is 2.00 e. The Hall–Kier alpha value is 0.599. The van der Waals surface area contributed by atoms with Crippen LogP contribution in [0.4, 0.5) is 0 Å². The molecule has 2 aliphatic rings. The molecule has 0 N–H and O–H groups in total. The van der Waals surface area contributed by atoms with Gasteiger partial charge in [-0.2, -0.15) is 26.5 Å². The van der Waals surface area contributed by atoms with Crippen molar-refractivity contribution < 1.29 is 17.1 Å². The Morgan fingerprint density at radius 2 is 0.920 bits per heavy atom. The van der Waals surface area contributed by atoms with Crippen LogP contribution in [0.1, 0.15) is 81.1 Å². The SMILES string of the molecule is CC(C)P(C1=C[CH-]CC1)C(C)C.CC(C)P(C1=C[CH-]CC1)C(C)C.[Fe+2]. The van der Waals surface area contributed by atoms with Crippen molar-refractivity contribution in [3.8, 4) is 0 Å². The summed E-state index contributed by atoms with van der Waals surface area (Å²) in [6.45, 7) is 18.9. The molecular formula is C22H40FeP2. The zero-order valence-electron chi connectivity index (χ0n) is 17.7. The van der Waals surface area contributed by atoms with Crippen LogP contribution in [0.5, 0.6) is 0 Å². The molecule has 2 rings (SSSR count). The zero-order chi connectivity index (χ0) is 18.3. The molecule has 0 aromatic carbocycles. The Kier molecular flexibility index (Phi) is 13.2. The monoisotopic (exact) mass is 422 g/mol. The molecule has 0 aromatic heterocycles. The number of allylic oxidation sites excluding steroid dienone is 4. The quantitative estimate of drug-likeness (QED) is 0.229. The smallest absolute Gasteiger partial charge is 0.231 e. The molecule has 0 saturated carbocycles. The van der Waals surface area contributed by atoms with Crippen molar-refractivity contribution >= 4 is 15.8 Å². The molecule has 2 aliphatic carbocycles. The van der Waals surface area contributed by atoms with Crippen LogP contribution >= 0.6 is 15.8 Å². The van der Waals surface area contributed by atoms with Gasteiger partial charge in [0.15, 0.2) is 0 Å². The Balaban J connectivity index is 0.000000443. The van der Waals surface area contributed by atoms with E-state index in [1.54, 1.807) is 10.6 Å². The third-order valence-electron chi connectivity index (χ3n) is 4.64. The van der Waals surface area contributed by atoms with Gasteiger partial charge < -0.3 is 0 Å². The van der Waals surface area contributed by atoms with Crippen LogP contribution in [0, 0.1) is 12.8 Å². The Bertz CT molecular complexity index is 366. The van der Waals surface area contributed by atoms with Crippen LogP contribution in [0.2, 0.25) is 0 Å². The molecule has 0 spiro atoms. The summed E-state index contributed by atoms with van der Waals surface area (Å²) in [4.78, 5) is 0. The average molecular weight is 422 g/mol. The van der Waals surface area contributed by atoms with Gasteiger partial charge in [-0.05, 0) is 22.6 Å². The van der Waals surface area contributed by atoms with Crippen molar-refractivity contribution in [2.45, 2.75) is 104 Å². The molecule has 0 saturated heterocycles. The van der Waals surface area contributed by atoms with Crippen molar-refractivity contribution in [1.82, 2.24) is 0 Å². The summed E-state index contributed by atoms with van der Waals surface area (Å²) in [5.74, 6) is 0. The summed E-state index contributed by atoms with van der Waals surface area (Å²) < 4.78 is 0. The van der Waals surface area contributed by atoms with Gasteiger partial charge in [0, 0.05) is 0 Å². The maximum atomic E-state index is 2.38. The second-order valence-electron chi connectivity index (χ2n) is 8.05. The molecule has 0 aliphatic heterocycles. The minimum Gasteiger partial charge on any atom is -0.231 e. The standard InChI is InChI=1S/2C11H20P.Fe/c2*1-9(2)12(10(3)4)11-7-5-6-8-11;/h2*5,7,9-10H,6,8H2,1-4H3;/q2*-1;+2. The van der Waals surface area contributed by atoms with Gasteiger partial charge in [-0.3, -0.25) is 0 Å². The summed E-state index contributed by atoms with van der Waals surface area (Å²) in [6.07, 6.45) is 14.7. The van der Waals surface area contributed by atoms with Crippen LogP contribution in [0.25, 0.3) is 0 Å². The van der Waals surface area contributed by atoms with Gasteiger partial charge in [-0.1, -0.05) is 55.4 Å². The molecule has 0 aromatic rings. The molecule has 0 unspecified atom stereocenters. The largest absolute Gasteiger partial charge is 2.00 e. The summed E-state index contributed by atoms with van der Waals surface area (Å²) >= 11 is 0. The summed E-state index contributed by atoms with van der Waals surface area (Å²) in [7, 11) is 0.300. The molecule has 0 amide bonds. The van der Waals surface area contributed by atoms with E-state index in [1.807, 2.05) is 0 Å². The van der Waals surface area contributed by atoms with Crippen molar-refractivity contribution in [1.29, 1.82) is 0 Å². The Morgan fingerprint density at radius 3 is 1.08 bits per heavy atom. The predicted octanol–water partition coefficient (Wildman–Crippen LogP) is 8.33. The van der Waals surface area contributed by atoms with Crippen molar-refractivity contribution in [3.05, 3.63) is 35.6 Å². The molecule has 3 heteroatoms. The third-order valence-corrected chi connectivity index (χ3v) is 11.2. The van der Waals surface area contributed by atoms with Crippen molar-refractivity contribution in [2.75, 3.05) is 0 Å². The van der Waals surface area contributed by atoms with E-state index < -0.39 is 0 Å². The molecule has 0 atom stereocenters. The second-order valence-corrected chi connectivity index (χ2v) is 15.0. The Morgan fingerprint density at radius 1 is 0.640 bits per heavy atom. The predicted molar refractivity (Wildman–Crippen MR) is 118 cm³/mol. The molecule has 0 heterocycles. The molecule has 25 heavy (non-hydrogen) atoms. The van der Waals surface area contributed by atoms with E-state index in [1.165, 1.54) is 25.7 Å². The third kappa shape index (κ3) is 8.43. The van der Waals surface area contributed by atoms with E-state index in [0.717, 1.165) is 22.6 Å². The van der Waals surface area contributed by atoms with Gasteiger partial charge in [0.1, 0.15) is 0 Å². The second kappa shape index (κ2) is 12.9. The number of hydrogen-bond donors (Lipinski definition) is 0. The van der Waals surface area contributed by atoms with E-state index in [0.29, 0.717) is 0 Å². The normalized spacial score (nSPS) is 16.7. The van der Waals surface area contributed by atoms with E-state index in [-0.39, 0.29) is 32.9 Å². The molecular weight excluding hydrogens is 382 g/mol. The fourth-order valence-corrected chi connectivity index (χ4v) is 10.4. The van der Waals surface area contributed by atoms with Gasteiger partial charge in [-0.25, -0.2) is 25.0 Å². The fraction of sp³-hybridized carbons (Fsp3) is 0.727. The van der Waals surface area contributed by atoms with E-state index in [2.05, 4.69) is 80.4 Å². The van der Waals surface area contributed by atoms with Crippen LogP contribution in [-0.2, 0) is 17.1 Å². The van der Waals surface area contributed by atoms with E-state index in [9.17, 15) is 0 Å². The maximum absolute atomic E-state index is 2.38. The van der Waals surface area contributed by atoms with Crippen molar-refractivity contribution in [3.63, 3.8) is 0 Å². The van der Waals surface area contributed by atoms with Crippen LogP contribution < -0.4 is 0 Å². The van der Waals surface area contributed by atoms with E-state index in [4.69, 9.17) is 0 Å². The minimum atomic E-state index is 0. The van der Waals surface area contributed by atoms with E-state index >= 15 is 0 Å². The number of hydrogen-bond acceptors (Lipinski definition) is 0. The molecule has 0 nitrogen and oxygen atoms in total. The van der Waals surface area contributed by atoms with Crippen LogP contribution in [0.15, 0.2) is 22.8 Å². The fourth-order valence-electron chi connectivity index (χ4n) is 4.02. The first-order chi connectivity index (χ1) is 11.3. The van der Waals surface area contributed by atoms with Crippen molar-refractivity contribution in [2.24, 2.45) is 0 Å². The molecule has 146 valence electrons. The summed E-state index contributed by atoms with van der Waals surface area (Å²) in [6, 6.07) is 0. The Labute approximate surface area is 172 Å². The first-order valence-corrected chi connectivity index (χ1v) is 12.8. The summed E-state index contributed by atoms with van der Waals surface area (Å²) in [5, 5.41) is 3.49. The minimum absolute atomic E-state index is 0. The van der Waals surface area contributed by atoms with Gasteiger partial charge >= 0.3 is 17.1 Å². The molecule has 0 fully saturated rings. The first-order valence-electron chi connectivity index (χ1n) is 9.87. The van der Waals surface area contributed by atoms with Crippen LogP contribution in [-0.4, -0.2) is 22.6 Å². The average Bonchev–Trinajstić information content (AvgIpc) is 3.11. The molecule has 0 bridgehead atoms. The summed E-state index contributed by atoms with van der Waals surface area (Å²) in [5.41, 5.74) is 3.44. The van der Waals surface area contributed by atoms with Gasteiger partial charge in [0.25, 0.3) is 0 Å². The zero-order valence-corrected chi connectivity index (χ0v) is 20.6. The molecule has 0 radical (unpaired) electrons. The van der Waals surface area contributed by atoms with Gasteiger partial charge in [0.2, 0.25) is 0 Å². The topological polar surface area (TPSA) is 0 Å². The van der Waals surface area contributed by atoms with Gasteiger partial charge in [0.05, 0.1) is 0 Å². The number of rotatable bonds is 6. The van der Waals surface area contributed by atoms with Crippen LogP contribution in [0.3, 0.4) is 0 Å².